The first-order valence-electron chi connectivity index (χ1n) is 6.38. The molecule has 1 atom stereocenters. The van der Waals surface area contributed by atoms with Crippen LogP contribution in [0.4, 0.5) is 0 Å². The first kappa shape index (κ1) is 16.6. The van der Waals surface area contributed by atoms with Gasteiger partial charge in [0.2, 0.25) is 10.0 Å². The van der Waals surface area contributed by atoms with Gasteiger partial charge in [0.15, 0.2) is 0 Å². The third-order valence-electron chi connectivity index (χ3n) is 3.00. The van der Waals surface area contributed by atoms with E-state index in [1.54, 1.807) is 24.0 Å². The molecule has 0 saturated carbocycles. The van der Waals surface area contributed by atoms with E-state index in [-0.39, 0.29) is 6.04 Å². The van der Waals surface area contributed by atoms with Gasteiger partial charge >= 0.3 is 0 Å². The highest BCUT2D eigenvalue weighted by atomic mass is 32.2. The molecular formula is C12H23N3O2S2. The predicted octanol–water partition coefficient (Wildman–Crippen LogP) is 1.39. The van der Waals surface area contributed by atoms with E-state index < -0.39 is 10.0 Å². The monoisotopic (exact) mass is 305 g/mol. The Morgan fingerprint density at radius 3 is 2.58 bits per heavy atom. The van der Waals surface area contributed by atoms with Crippen LogP contribution in [0.3, 0.4) is 0 Å². The van der Waals surface area contributed by atoms with Crippen molar-refractivity contribution in [3.63, 3.8) is 0 Å². The standard InChI is InChI=1S/C12H23N3O2S2/c1-4-10(9-18-3)14-19(16,17)12-6-11(7-13)15(5-2)8-12/h6,8,10,14H,4-5,7,9,13H2,1-3H3. The van der Waals surface area contributed by atoms with Crippen LogP contribution in [0, 0.1) is 0 Å². The number of nitrogens with two attached hydrogens (primary N) is 1. The Labute approximate surface area is 120 Å². The summed E-state index contributed by atoms with van der Waals surface area (Å²) in [6.07, 6.45) is 4.39. The fourth-order valence-corrected chi connectivity index (χ4v) is 4.07. The summed E-state index contributed by atoms with van der Waals surface area (Å²) in [5.74, 6) is 0.772. The van der Waals surface area contributed by atoms with Crippen LogP contribution in [0.15, 0.2) is 17.2 Å². The zero-order valence-corrected chi connectivity index (χ0v) is 13.4. The molecule has 5 nitrogen and oxygen atoms in total. The van der Waals surface area contributed by atoms with Crippen molar-refractivity contribution in [3.8, 4) is 0 Å². The molecule has 1 heterocycles. The molecule has 0 saturated heterocycles. The molecule has 1 aromatic rings. The molecule has 3 N–H and O–H groups in total. The van der Waals surface area contributed by atoms with Gasteiger partial charge in [0.25, 0.3) is 0 Å². The lowest BCUT2D eigenvalue weighted by atomic mass is 10.3. The molecule has 1 rings (SSSR count). The fourth-order valence-electron chi connectivity index (χ4n) is 1.86. The van der Waals surface area contributed by atoms with E-state index in [0.29, 0.717) is 18.0 Å². The molecule has 0 aliphatic heterocycles. The summed E-state index contributed by atoms with van der Waals surface area (Å²) in [7, 11) is -3.46. The quantitative estimate of drug-likeness (QED) is 0.761. The molecule has 1 aromatic heterocycles. The molecule has 110 valence electrons. The summed E-state index contributed by atoms with van der Waals surface area (Å²) < 4.78 is 29.2. The van der Waals surface area contributed by atoms with Crippen LogP contribution in [0.2, 0.25) is 0 Å². The second kappa shape index (κ2) is 7.33. The fraction of sp³-hybridized carbons (Fsp3) is 0.667. The molecule has 19 heavy (non-hydrogen) atoms. The number of aromatic nitrogens is 1. The molecule has 0 radical (unpaired) electrons. The summed E-state index contributed by atoms with van der Waals surface area (Å²) >= 11 is 1.64. The Kier molecular flexibility index (Phi) is 6.38. The van der Waals surface area contributed by atoms with Crippen molar-refractivity contribution in [1.29, 1.82) is 0 Å². The Morgan fingerprint density at radius 1 is 1.47 bits per heavy atom. The first-order chi connectivity index (χ1) is 8.98. The second-order valence-corrected chi connectivity index (χ2v) is 6.96. The molecule has 7 heteroatoms. The van der Waals surface area contributed by atoms with E-state index in [1.807, 2.05) is 24.7 Å². The number of hydrogen-bond acceptors (Lipinski definition) is 4. The van der Waals surface area contributed by atoms with Crippen LogP contribution >= 0.6 is 11.8 Å². The number of sulfonamides is 1. The predicted molar refractivity (Wildman–Crippen MR) is 80.8 cm³/mol. The smallest absolute Gasteiger partial charge is 0.242 e. The number of thioether (sulfide) groups is 1. The molecule has 0 amide bonds. The summed E-state index contributed by atoms with van der Waals surface area (Å²) in [6.45, 7) is 4.99. The molecule has 0 fully saturated rings. The highest BCUT2D eigenvalue weighted by Crippen LogP contribution is 2.15. The van der Waals surface area contributed by atoms with Crippen molar-refractivity contribution in [2.24, 2.45) is 5.73 Å². The van der Waals surface area contributed by atoms with E-state index in [1.165, 1.54) is 0 Å². The van der Waals surface area contributed by atoms with Gasteiger partial charge in [0.05, 0.1) is 4.90 Å². The van der Waals surface area contributed by atoms with Crippen LogP contribution in [0.1, 0.15) is 26.0 Å². The lowest BCUT2D eigenvalue weighted by Crippen LogP contribution is -2.35. The summed E-state index contributed by atoms with van der Waals surface area (Å²) in [5, 5.41) is 0. The summed E-state index contributed by atoms with van der Waals surface area (Å²) in [5.41, 5.74) is 6.45. The van der Waals surface area contributed by atoms with Crippen molar-refractivity contribution in [2.45, 2.75) is 44.3 Å². The number of rotatable bonds is 8. The maximum Gasteiger partial charge on any atom is 0.242 e. The van der Waals surface area contributed by atoms with E-state index in [4.69, 9.17) is 5.73 Å². The van der Waals surface area contributed by atoms with Gasteiger partial charge < -0.3 is 10.3 Å². The Balaban J connectivity index is 2.96. The van der Waals surface area contributed by atoms with Crippen LogP contribution in [-0.4, -0.2) is 31.0 Å². The Bertz CT molecular complexity index is 476. The normalized spacial score (nSPS) is 13.7. The highest BCUT2D eigenvalue weighted by Gasteiger charge is 2.21. The molecule has 0 bridgehead atoms. The average molecular weight is 305 g/mol. The summed E-state index contributed by atoms with van der Waals surface area (Å²) in [4.78, 5) is 0.300. The second-order valence-electron chi connectivity index (χ2n) is 4.34. The zero-order chi connectivity index (χ0) is 14.5. The third kappa shape index (κ3) is 4.24. The van der Waals surface area contributed by atoms with Crippen molar-refractivity contribution >= 4 is 21.8 Å². The summed E-state index contributed by atoms with van der Waals surface area (Å²) in [6, 6.07) is 1.61. The van der Waals surface area contributed by atoms with Gasteiger partial charge in [-0.25, -0.2) is 13.1 Å². The number of hydrogen-bond donors (Lipinski definition) is 2. The van der Waals surface area contributed by atoms with E-state index in [2.05, 4.69) is 4.72 Å². The Hall–Kier alpha value is -0.500. The van der Waals surface area contributed by atoms with E-state index >= 15 is 0 Å². The number of nitrogens with zero attached hydrogens (tertiary/aromatic N) is 1. The van der Waals surface area contributed by atoms with Gasteiger partial charge in [-0.15, -0.1) is 0 Å². The van der Waals surface area contributed by atoms with Gasteiger partial charge in [-0.05, 0) is 25.7 Å². The minimum atomic E-state index is -3.46. The maximum atomic E-state index is 12.3. The minimum absolute atomic E-state index is 0.0358. The maximum absolute atomic E-state index is 12.3. The van der Waals surface area contributed by atoms with Gasteiger partial charge in [-0.2, -0.15) is 11.8 Å². The SMILES string of the molecule is CCC(CSC)NS(=O)(=O)c1cc(CN)n(CC)c1. The van der Waals surface area contributed by atoms with Crippen LogP contribution < -0.4 is 10.5 Å². The lowest BCUT2D eigenvalue weighted by Gasteiger charge is -2.15. The molecule has 0 aromatic carbocycles. The first-order valence-corrected chi connectivity index (χ1v) is 9.26. The van der Waals surface area contributed by atoms with Gasteiger partial charge in [-0.1, -0.05) is 6.92 Å². The van der Waals surface area contributed by atoms with Crippen molar-refractivity contribution in [3.05, 3.63) is 18.0 Å². The molecule has 0 aliphatic carbocycles. The Morgan fingerprint density at radius 2 is 2.16 bits per heavy atom. The van der Waals surface area contributed by atoms with Crippen LogP contribution in [0.5, 0.6) is 0 Å². The zero-order valence-electron chi connectivity index (χ0n) is 11.7. The van der Waals surface area contributed by atoms with E-state index in [0.717, 1.165) is 17.9 Å². The molecule has 1 unspecified atom stereocenters. The highest BCUT2D eigenvalue weighted by molar-refractivity contribution is 7.98. The van der Waals surface area contributed by atoms with E-state index in [9.17, 15) is 8.42 Å². The largest absolute Gasteiger partial charge is 0.349 e. The van der Waals surface area contributed by atoms with Crippen molar-refractivity contribution in [2.75, 3.05) is 12.0 Å². The molecule has 0 aliphatic rings. The van der Waals surface area contributed by atoms with Gasteiger partial charge in [0.1, 0.15) is 0 Å². The van der Waals surface area contributed by atoms with Crippen LogP contribution in [0.25, 0.3) is 0 Å². The van der Waals surface area contributed by atoms with Crippen LogP contribution in [-0.2, 0) is 23.1 Å². The molecular weight excluding hydrogens is 282 g/mol. The number of aryl methyl sites for hydroxylation is 1. The lowest BCUT2D eigenvalue weighted by molar-refractivity contribution is 0.558. The van der Waals surface area contributed by atoms with Crippen molar-refractivity contribution in [1.82, 2.24) is 9.29 Å². The third-order valence-corrected chi connectivity index (χ3v) is 5.23. The number of nitrogens with one attached hydrogen (secondary N) is 1. The average Bonchev–Trinajstić information content (AvgIpc) is 2.82. The van der Waals surface area contributed by atoms with Gasteiger partial charge in [-0.3, -0.25) is 0 Å². The van der Waals surface area contributed by atoms with Crippen molar-refractivity contribution < 1.29 is 8.42 Å². The topological polar surface area (TPSA) is 77.1 Å². The minimum Gasteiger partial charge on any atom is -0.349 e. The van der Waals surface area contributed by atoms with Gasteiger partial charge in [0, 0.05) is 36.8 Å². The molecule has 0 spiro atoms.